The van der Waals surface area contributed by atoms with E-state index >= 15 is 0 Å². The maximum atomic E-state index is 5.69. The van der Waals surface area contributed by atoms with E-state index in [0.717, 1.165) is 12.1 Å². The first-order chi connectivity index (χ1) is 7.19. The molecule has 84 valence electrons. The van der Waals surface area contributed by atoms with Gasteiger partial charge in [0.2, 0.25) is 0 Å². The molecule has 0 aliphatic carbocycles. The van der Waals surface area contributed by atoms with Gasteiger partial charge in [0.1, 0.15) is 0 Å². The number of hydrogen-bond acceptors (Lipinski definition) is 3. The van der Waals surface area contributed by atoms with E-state index in [4.69, 9.17) is 5.73 Å². The Kier molecular flexibility index (Phi) is 4.56. The summed E-state index contributed by atoms with van der Waals surface area (Å²) in [4.78, 5) is 6.35. The van der Waals surface area contributed by atoms with Crippen molar-refractivity contribution in [3.63, 3.8) is 0 Å². The van der Waals surface area contributed by atoms with E-state index in [2.05, 4.69) is 30.8 Å². The fourth-order valence-corrected chi connectivity index (χ4v) is 1.64. The third kappa shape index (κ3) is 3.20. The molecular formula is C12H21N3. The van der Waals surface area contributed by atoms with Crippen molar-refractivity contribution in [2.45, 2.75) is 26.8 Å². The third-order valence-corrected chi connectivity index (χ3v) is 2.79. The van der Waals surface area contributed by atoms with Crippen LogP contribution in [0, 0.1) is 5.92 Å². The van der Waals surface area contributed by atoms with Crippen molar-refractivity contribution in [3.05, 3.63) is 24.0 Å². The van der Waals surface area contributed by atoms with Gasteiger partial charge >= 0.3 is 0 Å². The summed E-state index contributed by atoms with van der Waals surface area (Å²) in [6.07, 6.45) is 4.87. The molecule has 0 spiro atoms. The third-order valence-electron chi connectivity index (χ3n) is 2.79. The minimum Gasteiger partial charge on any atom is -0.374 e. The van der Waals surface area contributed by atoms with Gasteiger partial charge in [0, 0.05) is 43.8 Å². The van der Waals surface area contributed by atoms with Crippen LogP contribution in [0.4, 0.5) is 5.69 Å². The van der Waals surface area contributed by atoms with Gasteiger partial charge in [0.25, 0.3) is 0 Å². The van der Waals surface area contributed by atoms with Gasteiger partial charge in [-0.3, -0.25) is 4.98 Å². The maximum Gasteiger partial charge on any atom is 0.0440 e. The fourth-order valence-electron chi connectivity index (χ4n) is 1.64. The van der Waals surface area contributed by atoms with Crippen LogP contribution in [-0.4, -0.2) is 18.6 Å². The lowest BCUT2D eigenvalue weighted by atomic mass is 10.1. The lowest BCUT2D eigenvalue weighted by molar-refractivity contribution is 0.559. The molecule has 2 N–H and O–H groups in total. The van der Waals surface area contributed by atoms with Gasteiger partial charge in [-0.25, -0.2) is 0 Å². The standard InChI is InChI=1S/C12H21N3/c1-4-10(2)9-15(3)12-5-6-14-8-11(12)7-13/h5-6,8,10H,4,7,9,13H2,1-3H3. The molecule has 1 aromatic rings. The summed E-state index contributed by atoms with van der Waals surface area (Å²) in [5.74, 6) is 0.703. The second-order valence-corrected chi connectivity index (χ2v) is 4.10. The number of pyridine rings is 1. The van der Waals surface area contributed by atoms with Gasteiger partial charge in [-0.05, 0) is 12.0 Å². The second kappa shape index (κ2) is 5.71. The Labute approximate surface area is 92.3 Å². The largest absolute Gasteiger partial charge is 0.374 e. The van der Waals surface area contributed by atoms with E-state index < -0.39 is 0 Å². The Morgan fingerprint density at radius 1 is 1.53 bits per heavy atom. The Hall–Kier alpha value is -1.09. The van der Waals surface area contributed by atoms with Crippen LogP contribution in [-0.2, 0) is 6.54 Å². The number of anilines is 1. The van der Waals surface area contributed by atoms with Gasteiger partial charge in [0.05, 0.1) is 0 Å². The van der Waals surface area contributed by atoms with Crippen LogP contribution in [0.15, 0.2) is 18.5 Å². The van der Waals surface area contributed by atoms with Crippen LogP contribution >= 0.6 is 0 Å². The lowest BCUT2D eigenvalue weighted by Gasteiger charge is -2.24. The molecule has 0 bridgehead atoms. The van der Waals surface area contributed by atoms with E-state index in [0.29, 0.717) is 12.5 Å². The highest BCUT2D eigenvalue weighted by Crippen LogP contribution is 2.18. The van der Waals surface area contributed by atoms with Crippen molar-refractivity contribution < 1.29 is 0 Å². The highest BCUT2D eigenvalue weighted by Gasteiger charge is 2.08. The Bertz CT molecular complexity index is 299. The van der Waals surface area contributed by atoms with Crippen molar-refractivity contribution in [3.8, 4) is 0 Å². The molecule has 1 aromatic heterocycles. The smallest absolute Gasteiger partial charge is 0.0440 e. The molecule has 0 saturated heterocycles. The molecule has 0 saturated carbocycles. The summed E-state index contributed by atoms with van der Waals surface area (Å²) >= 11 is 0. The van der Waals surface area contributed by atoms with E-state index in [1.54, 1.807) is 0 Å². The number of nitrogens with two attached hydrogens (primary N) is 1. The van der Waals surface area contributed by atoms with Crippen LogP contribution < -0.4 is 10.6 Å². The Morgan fingerprint density at radius 2 is 2.27 bits per heavy atom. The molecule has 3 heteroatoms. The molecule has 0 amide bonds. The van der Waals surface area contributed by atoms with Crippen LogP contribution in [0.2, 0.25) is 0 Å². The topological polar surface area (TPSA) is 42.2 Å². The lowest BCUT2D eigenvalue weighted by Crippen LogP contribution is -2.25. The first-order valence-corrected chi connectivity index (χ1v) is 5.53. The van der Waals surface area contributed by atoms with Crippen molar-refractivity contribution in [1.29, 1.82) is 0 Å². The van der Waals surface area contributed by atoms with E-state index in [1.807, 2.05) is 18.5 Å². The molecule has 0 radical (unpaired) electrons. The first-order valence-electron chi connectivity index (χ1n) is 5.53. The molecule has 1 heterocycles. The summed E-state index contributed by atoms with van der Waals surface area (Å²) < 4.78 is 0. The summed E-state index contributed by atoms with van der Waals surface area (Å²) in [6.45, 7) is 6.09. The molecule has 3 nitrogen and oxygen atoms in total. The fraction of sp³-hybridized carbons (Fsp3) is 0.583. The minimum atomic E-state index is 0.550. The zero-order valence-electron chi connectivity index (χ0n) is 9.90. The average Bonchev–Trinajstić information content (AvgIpc) is 2.28. The van der Waals surface area contributed by atoms with Crippen molar-refractivity contribution in [1.82, 2.24) is 4.98 Å². The van der Waals surface area contributed by atoms with E-state index in [9.17, 15) is 0 Å². The van der Waals surface area contributed by atoms with Gasteiger partial charge in [-0.15, -0.1) is 0 Å². The number of rotatable bonds is 5. The van der Waals surface area contributed by atoms with Gasteiger partial charge in [0.15, 0.2) is 0 Å². The number of nitrogens with zero attached hydrogens (tertiary/aromatic N) is 2. The zero-order valence-corrected chi connectivity index (χ0v) is 9.90. The molecule has 0 fully saturated rings. The van der Waals surface area contributed by atoms with E-state index in [1.165, 1.54) is 12.1 Å². The van der Waals surface area contributed by atoms with Crippen LogP contribution in [0.3, 0.4) is 0 Å². The highest BCUT2D eigenvalue weighted by atomic mass is 15.1. The SMILES string of the molecule is CCC(C)CN(C)c1ccncc1CN. The maximum absolute atomic E-state index is 5.69. The van der Waals surface area contributed by atoms with Crippen LogP contribution in [0.25, 0.3) is 0 Å². The average molecular weight is 207 g/mol. The van der Waals surface area contributed by atoms with Crippen LogP contribution in [0.1, 0.15) is 25.8 Å². The zero-order chi connectivity index (χ0) is 11.3. The quantitative estimate of drug-likeness (QED) is 0.803. The number of aromatic nitrogens is 1. The predicted molar refractivity (Wildman–Crippen MR) is 64.9 cm³/mol. The Morgan fingerprint density at radius 3 is 2.87 bits per heavy atom. The summed E-state index contributed by atoms with van der Waals surface area (Å²) in [5.41, 5.74) is 8.00. The summed E-state index contributed by atoms with van der Waals surface area (Å²) in [5, 5.41) is 0. The molecule has 1 atom stereocenters. The van der Waals surface area contributed by atoms with Crippen LogP contribution in [0.5, 0.6) is 0 Å². The van der Waals surface area contributed by atoms with Gasteiger partial charge < -0.3 is 10.6 Å². The number of hydrogen-bond donors (Lipinski definition) is 1. The Balaban J connectivity index is 2.76. The van der Waals surface area contributed by atoms with E-state index in [-0.39, 0.29) is 0 Å². The van der Waals surface area contributed by atoms with Crippen molar-refractivity contribution in [2.75, 3.05) is 18.5 Å². The predicted octanol–water partition coefficient (Wildman–Crippen LogP) is 2.02. The molecular weight excluding hydrogens is 186 g/mol. The molecule has 0 aromatic carbocycles. The summed E-state index contributed by atoms with van der Waals surface area (Å²) in [6, 6.07) is 2.03. The van der Waals surface area contributed by atoms with Gasteiger partial charge in [-0.2, -0.15) is 0 Å². The highest BCUT2D eigenvalue weighted by molar-refractivity contribution is 5.51. The normalized spacial score (nSPS) is 12.5. The van der Waals surface area contributed by atoms with Gasteiger partial charge in [-0.1, -0.05) is 20.3 Å². The summed E-state index contributed by atoms with van der Waals surface area (Å²) in [7, 11) is 2.11. The monoisotopic (exact) mass is 207 g/mol. The minimum absolute atomic E-state index is 0.550. The first kappa shape index (κ1) is 12.0. The molecule has 0 aliphatic rings. The van der Waals surface area contributed by atoms with Crippen molar-refractivity contribution in [2.24, 2.45) is 11.7 Å². The molecule has 1 rings (SSSR count). The molecule has 15 heavy (non-hydrogen) atoms. The molecule has 1 unspecified atom stereocenters. The van der Waals surface area contributed by atoms with Crippen molar-refractivity contribution >= 4 is 5.69 Å². The second-order valence-electron chi connectivity index (χ2n) is 4.10. The molecule has 0 aliphatic heterocycles.